The Kier molecular flexibility index (Phi) is 4.02. The van der Waals surface area contributed by atoms with Crippen molar-refractivity contribution in [1.29, 1.82) is 0 Å². The minimum atomic E-state index is -0.456. The van der Waals surface area contributed by atoms with Gasteiger partial charge < -0.3 is 19.9 Å². The Hall–Kier alpha value is -2.35. The normalized spacial score (nSPS) is 21.2. The van der Waals surface area contributed by atoms with Gasteiger partial charge in [0.05, 0.1) is 5.39 Å². The number of aromatic nitrogens is 3. The van der Waals surface area contributed by atoms with Gasteiger partial charge in [-0.3, -0.25) is 4.90 Å². The number of nitrogen functional groups attached to an aromatic ring is 1. The number of hydrogen-bond acceptors (Lipinski definition) is 6. The molecule has 26 heavy (non-hydrogen) atoms. The largest absolute Gasteiger partial charge is 0.444 e. The summed E-state index contributed by atoms with van der Waals surface area (Å²) < 4.78 is 7.73. The van der Waals surface area contributed by atoms with Crippen molar-refractivity contribution in [1.82, 2.24) is 24.3 Å². The molecule has 0 bridgehead atoms. The Morgan fingerprint density at radius 1 is 1.27 bits per heavy atom. The molecular weight excluding hydrogens is 332 g/mol. The molecule has 2 aromatic rings. The standard InChI is InChI=1S/C18H26N6O2/c1-18(2,3)26-17(25)23-5-4-12(9-23)22-6-7-24-13(10-22)8-14-15(19)20-11-21-16(14)24/h8,11-12H,4-7,9-10H2,1-3H3,(H2,19,20,21). The second-order valence-electron chi connectivity index (χ2n) is 8.12. The van der Waals surface area contributed by atoms with E-state index in [0.29, 0.717) is 11.9 Å². The van der Waals surface area contributed by atoms with Crippen molar-refractivity contribution in [3.63, 3.8) is 0 Å². The van der Waals surface area contributed by atoms with Crippen LogP contribution >= 0.6 is 0 Å². The van der Waals surface area contributed by atoms with Gasteiger partial charge in [-0.25, -0.2) is 14.8 Å². The first-order valence-corrected chi connectivity index (χ1v) is 9.12. The lowest BCUT2D eigenvalue weighted by Crippen LogP contribution is -2.43. The van der Waals surface area contributed by atoms with Crippen LogP contribution in [0.25, 0.3) is 11.0 Å². The number of nitrogens with zero attached hydrogens (tertiary/aromatic N) is 5. The second kappa shape index (κ2) is 6.12. The molecule has 4 heterocycles. The van der Waals surface area contributed by atoms with E-state index in [1.54, 1.807) is 0 Å². The third-order valence-corrected chi connectivity index (χ3v) is 5.11. The number of rotatable bonds is 1. The molecule has 1 fully saturated rings. The minimum Gasteiger partial charge on any atom is -0.444 e. The van der Waals surface area contributed by atoms with E-state index < -0.39 is 5.60 Å². The third-order valence-electron chi connectivity index (χ3n) is 5.11. The Morgan fingerprint density at radius 2 is 2.08 bits per heavy atom. The zero-order chi connectivity index (χ0) is 18.5. The molecule has 1 saturated heterocycles. The summed E-state index contributed by atoms with van der Waals surface area (Å²) in [4.78, 5) is 25.0. The van der Waals surface area contributed by atoms with Crippen molar-refractivity contribution in [2.24, 2.45) is 0 Å². The lowest BCUT2D eigenvalue weighted by Gasteiger charge is -2.33. The lowest BCUT2D eigenvalue weighted by molar-refractivity contribution is 0.0276. The van der Waals surface area contributed by atoms with E-state index in [1.165, 1.54) is 12.0 Å². The van der Waals surface area contributed by atoms with E-state index in [1.807, 2.05) is 25.7 Å². The van der Waals surface area contributed by atoms with Crippen molar-refractivity contribution in [2.75, 3.05) is 25.4 Å². The summed E-state index contributed by atoms with van der Waals surface area (Å²) in [7, 11) is 0. The van der Waals surface area contributed by atoms with Crippen LogP contribution in [-0.4, -0.2) is 61.7 Å². The fraction of sp³-hybridized carbons (Fsp3) is 0.611. The van der Waals surface area contributed by atoms with E-state index >= 15 is 0 Å². The zero-order valence-corrected chi connectivity index (χ0v) is 15.6. The molecule has 8 heteroatoms. The average Bonchev–Trinajstić information content (AvgIpc) is 3.18. The van der Waals surface area contributed by atoms with Gasteiger partial charge in [-0.1, -0.05) is 0 Å². The number of carbonyl (C=O) groups is 1. The van der Waals surface area contributed by atoms with Crippen molar-refractivity contribution in [2.45, 2.75) is 51.9 Å². The highest BCUT2D eigenvalue weighted by Gasteiger charge is 2.34. The van der Waals surface area contributed by atoms with E-state index in [2.05, 4.69) is 25.5 Å². The van der Waals surface area contributed by atoms with Crippen LogP contribution in [0.3, 0.4) is 0 Å². The summed E-state index contributed by atoms with van der Waals surface area (Å²) in [5.74, 6) is 0.528. The predicted molar refractivity (Wildman–Crippen MR) is 98.6 cm³/mol. The number of anilines is 1. The number of carbonyl (C=O) groups excluding carboxylic acids is 1. The summed E-state index contributed by atoms with van der Waals surface area (Å²) >= 11 is 0. The van der Waals surface area contributed by atoms with E-state index in [-0.39, 0.29) is 6.09 Å². The molecule has 1 amide bonds. The summed E-state index contributed by atoms with van der Waals surface area (Å²) in [5, 5.41) is 0.922. The number of nitrogens with two attached hydrogens (primary N) is 1. The highest BCUT2D eigenvalue weighted by Crippen LogP contribution is 2.28. The molecule has 4 rings (SSSR count). The molecule has 2 aliphatic heterocycles. The zero-order valence-electron chi connectivity index (χ0n) is 15.6. The maximum Gasteiger partial charge on any atom is 0.410 e. The molecule has 8 nitrogen and oxygen atoms in total. The van der Waals surface area contributed by atoms with E-state index in [4.69, 9.17) is 10.5 Å². The summed E-state index contributed by atoms with van der Waals surface area (Å²) in [6, 6.07) is 2.45. The van der Waals surface area contributed by atoms with Crippen molar-refractivity contribution in [3.8, 4) is 0 Å². The molecule has 1 atom stereocenters. The van der Waals surface area contributed by atoms with E-state index in [9.17, 15) is 4.79 Å². The minimum absolute atomic E-state index is 0.214. The quantitative estimate of drug-likeness (QED) is 0.837. The molecule has 2 N–H and O–H groups in total. The van der Waals surface area contributed by atoms with Gasteiger partial charge in [-0.05, 0) is 33.3 Å². The molecular formula is C18H26N6O2. The Morgan fingerprint density at radius 3 is 2.85 bits per heavy atom. The van der Waals surface area contributed by atoms with Crippen LogP contribution in [0.1, 0.15) is 32.9 Å². The van der Waals surface area contributed by atoms with Gasteiger partial charge in [0.15, 0.2) is 0 Å². The first-order valence-electron chi connectivity index (χ1n) is 9.12. The molecule has 0 radical (unpaired) electrons. The summed E-state index contributed by atoms with van der Waals surface area (Å²) in [5.41, 5.74) is 7.65. The second-order valence-corrected chi connectivity index (χ2v) is 8.12. The molecule has 1 unspecified atom stereocenters. The van der Waals surface area contributed by atoms with Crippen LogP contribution in [0.15, 0.2) is 12.4 Å². The van der Waals surface area contributed by atoms with Crippen molar-refractivity contribution in [3.05, 3.63) is 18.1 Å². The maximum absolute atomic E-state index is 12.3. The first-order chi connectivity index (χ1) is 12.3. The molecule has 0 aromatic carbocycles. The highest BCUT2D eigenvalue weighted by molar-refractivity contribution is 5.87. The van der Waals surface area contributed by atoms with Gasteiger partial charge in [0, 0.05) is 44.5 Å². The monoisotopic (exact) mass is 358 g/mol. The van der Waals surface area contributed by atoms with Crippen molar-refractivity contribution < 1.29 is 9.53 Å². The number of likely N-dealkylation sites (tertiary alicyclic amines) is 1. The molecule has 2 aromatic heterocycles. The average molecular weight is 358 g/mol. The number of amides is 1. The van der Waals surface area contributed by atoms with Gasteiger partial charge in [-0.15, -0.1) is 0 Å². The molecule has 0 spiro atoms. The van der Waals surface area contributed by atoms with Gasteiger partial charge >= 0.3 is 6.09 Å². The number of hydrogen-bond donors (Lipinski definition) is 1. The smallest absolute Gasteiger partial charge is 0.410 e. The lowest BCUT2D eigenvalue weighted by atomic mass is 10.2. The fourth-order valence-corrected chi connectivity index (χ4v) is 3.87. The summed E-state index contributed by atoms with van der Waals surface area (Å²) in [6.45, 7) is 9.81. The molecule has 0 aliphatic carbocycles. The van der Waals surface area contributed by atoms with Crippen LogP contribution in [0.5, 0.6) is 0 Å². The maximum atomic E-state index is 12.3. The van der Waals surface area contributed by atoms with Crippen molar-refractivity contribution >= 4 is 22.9 Å². The Balaban J connectivity index is 1.46. The first kappa shape index (κ1) is 17.1. The van der Waals surface area contributed by atoms with E-state index in [0.717, 1.165) is 50.2 Å². The number of fused-ring (bicyclic) bond motifs is 3. The number of ether oxygens (including phenoxy) is 1. The topological polar surface area (TPSA) is 89.5 Å². The van der Waals surface area contributed by atoms with Crippen LogP contribution in [0.4, 0.5) is 10.6 Å². The molecule has 140 valence electrons. The van der Waals surface area contributed by atoms with Gasteiger partial charge in [0.25, 0.3) is 0 Å². The highest BCUT2D eigenvalue weighted by atomic mass is 16.6. The van der Waals surface area contributed by atoms with Crippen LogP contribution in [0.2, 0.25) is 0 Å². The Bertz CT molecular complexity index is 840. The Labute approximate surface area is 152 Å². The summed E-state index contributed by atoms with van der Waals surface area (Å²) in [6.07, 6.45) is 2.28. The molecule has 2 aliphatic rings. The predicted octanol–water partition coefficient (Wildman–Crippen LogP) is 1.84. The van der Waals surface area contributed by atoms with Gasteiger partial charge in [-0.2, -0.15) is 0 Å². The third kappa shape index (κ3) is 3.09. The van der Waals surface area contributed by atoms with Crippen LogP contribution in [0, 0.1) is 0 Å². The van der Waals surface area contributed by atoms with Gasteiger partial charge in [0.2, 0.25) is 0 Å². The van der Waals surface area contributed by atoms with Crippen LogP contribution in [-0.2, 0) is 17.8 Å². The SMILES string of the molecule is CC(C)(C)OC(=O)N1CCC(N2CCn3c(cc4c(N)ncnc43)C2)C1. The fourth-order valence-electron chi connectivity index (χ4n) is 3.87. The molecule has 0 saturated carbocycles. The van der Waals surface area contributed by atoms with Gasteiger partial charge in [0.1, 0.15) is 23.4 Å². The van der Waals surface area contributed by atoms with Crippen LogP contribution < -0.4 is 5.73 Å².